The molecule has 0 heteroatoms. The van der Waals surface area contributed by atoms with Crippen molar-refractivity contribution in [1.82, 2.24) is 0 Å². The highest BCUT2D eigenvalue weighted by atomic mass is 14.4. The van der Waals surface area contributed by atoms with Crippen LogP contribution in [-0.2, 0) is 0 Å². The highest BCUT2D eigenvalue weighted by Gasteiger charge is 2.38. The molecule has 62 valence electrons. The Morgan fingerprint density at radius 2 is 2.00 bits per heavy atom. The van der Waals surface area contributed by atoms with Gasteiger partial charge >= 0.3 is 0 Å². The highest BCUT2D eigenvalue weighted by molar-refractivity contribution is 5.30. The van der Waals surface area contributed by atoms with Gasteiger partial charge in [-0.15, -0.1) is 0 Å². The Hall–Kier alpha value is -1.04. The first-order chi connectivity index (χ1) is 5.79. The summed E-state index contributed by atoms with van der Waals surface area (Å²) in [6.45, 7) is 6.13. The Morgan fingerprint density at radius 1 is 1.33 bits per heavy atom. The molecule has 1 aromatic rings. The standard InChI is InChI=1S/C12H14/c1-9(2)11-8-12(11)10-6-4-3-5-7-10/h3-7,11-12H,1,8H2,2H3/t11-,12-/m0/s1. The summed E-state index contributed by atoms with van der Waals surface area (Å²) in [5.41, 5.74) is 2.81. The minimum Gasteiger partial charge on any atom is -0.0998 e. The first kappa shape index (κ1) is 7.60. The Morgan fingerprint density at radius 3 is 2.50 bits per heavy atom. The Bertz CT molecular complexity index is 284. The van der Waals surface area contributed by atoms with Gasteiger partial charge < -0.3 is 0 Å². The topological polar surface area (TPSA) is 0 Å². The van der Waals surface area contributed by atoms with E-state index in [2.05, 4.69) is 43.8 Å². The van der Waals surface area contributed by atoms with E-state index >= 15 is 0 Å². The smallest absolute Gasteiger partial charge is 0.00904 e. The molecule has 0 N–H and O–H groups in total. The molecule has 1 aromatic carbocycles. The molecule has 0 unspecified atom stereocenters. The van der Waals surface area contributed by atoms with Gasteiger partial charge in [0, 0.05) is 0 Å². The number of rotatable bonds is 2. The predicted octanol–water partition coefficient (Wildman–Crippen LogP) is 3.37. The number of allylic oxidation sites excluding steroid dienone is 1. The predicted molar refractivity (Wildman–Crippen MR) is 52.1 cm³/mol. The lowest BCUT2D eigenvalue weighted by atomic mass is 10.1. The Labute approximate surface area is 73.9 Å². The molecule has 0 aromatic heterocycles. The zero-order valence-corrected chi connectivity index (χ0v) is 7.46. The minimum absolute atomic E-state index is 0.757. The molecule has 0 radical (unpaired) electrons. The van der Waals surface area contributed by atoms with Crippen molar-refractivity contribution in [3.8, 4) is 0 Å². The molecule has 0 amide bonds. The molecular formula is C12H14. The average Bonchev–Trinajstić information content (AvgIpc) is 2.84. The van der Waals surface area contributed by atoms with Crippen molar-refractivity contribution in [3.63, 3.8) is 0 Å². The van der Waals surface area contributed by atoms with Crippen LogP contribution in [0.4, 0.5) is 0 Å². The van der Waals surface area contributed by atoms with E-state index in [0.717, 1.165) is 11.8 Å². The molecule has 0 nitrogen and oxygen atoms in total. The summed E-state index contributed by atoms with van der Waals surface area (Å²) in [7, 11) is 0. The third-order valence-corrected chi connectivity index (χ3v) is 2.65. The van der Waals surface area contributed by atoms with Crippen LogP contribution < -0.4 is 0 Å². The summed E-state index contributed by atoms with van der Waals surface area (Å²) in [6.07, 6.45) is 1.30. The molecule has 1 saturated carbocycles. The van der Waals surface area contributed by atoms with Gasteiger partial charge in [-0.1, -0.05) is 42.5 Å². The van der Waals surface area contributed by atoms with Crippen LogP contribution in [0.1, 0.15) is 24.8 Å². The number of hydrogen-bond acceptors (Lipinski definition) is 0. The summed E-state index contributed by atoms with van der Waals surface area (Å²) in [5, 5.41) is 0. The van der Waals surface area contributed by atoms with Gasteiger partial charge in [-0.2, -0.15) is 0 Å². The summed E-state index contributed by atoms with van der Waals surface area (Å²) in [4.78, 5) is 0. The fourth-order valence-electron chi connectivity index (χ4n) is 1.81. The monoisotopic (exact) mass is 158 g/mol. The van der Waals surface area contributed by atoms with Gasteiger partial charge in [0.25, 0.3) is 0 Å². The largest absolute Gasteiger partial charge is 0.0998 e. The van der Waals surface area contributed by atoms with Crippen molar-refractivity contribution in [3.05, 3.63) is 48.0 Å². The van der Waals surface area contributed by atoms with Crippen molar-refractivity contribution in [2.45, 2.75) is 19.3 Å². The van der Waals surface area contributed by atoms with E-state index in [1.54, 1.807) is 0 Å². The maximum absolute atomic E-state index is 3.99. The molecule has 2 rings (SSSR count). The molecule has 0 bridgehead atoms. The first-order valence-electron chi connectivity index (χ1n) is 4.49. The Balaban J connectivity index is 2.11. The van der Waals surface area contributed by atoms with Gasteiger partial charge in [0.05, 0.1) is 0 Å². The number of hydrogen-bond donors (Lipinski definition) is 0. The fourth-order valence-corrected chi connectivity index (χ4v) is 1.81. The van der Waals surface area contributed by atoms with Gasteiger partial charge in [0.15, 0.2) is 0 Å². The second kappa shape index (κ2) is 2.78. The zero-order chi connectivity index (χ0) is 8.55. The first-order valence-corrected chi connectivity index (χ1v) is 4.49. The zero-order valence-electron chi connectivity index (χ0n) is 7.46. The van der Waals surface area contributed by atoms with Gasteiger partial charge in [0.2, 0.25) is 0 Å². The van der Waals surface area contributed by atoms with Gasteiger partial charge in [0.1, 0.15) is 0 Å². The maximum Gasteiger partial charge on any atom is -0.00904 e. The molecule has 0 aliphatic heterocycles. The van der Waals surface area contributed by atoms with Crippen LogP contribution in [0.3, 0.4) is 0 Å². The van der Waals surface area contributed by atoms with E-state index in [1.165, 1.54) is 17.6 Å². The van der Waals surface area contributed by atoms with E-state index in [1.807, 2.05) is 0 Å². The van der Waals surface area contributed by atoms with E-state index < -0.39 is 0 Å². The maximum atomic E-state index is 3.99. The minimum atomic E-state index is 0.757. The van der Waals surface area contributed by atoms with Gasteiger partial charge in [-0.25, -0.2) is 0 Å². The molecule has 1 aliphatic carbocycles. The quantitative estimate of drug-likeness (QED) is 0.579. The lowest BCUT2D eigenvalue weighted by Crippen LogP contribution is -1.82. The van der Waals surface area contributed by atoms with Crippen LogP contribution in [0.15, 0.2) is 42.5 Å². The number of benzene rings is 1. The second-order valence-corrected chi connectivity index (χ2v) is 3.71. The van der Waals surface area contributed by atoms with Crippen molar-refractivity contribution in [2.75, 3.05) is 0 Å². The molecule has 0 heterocycles. The molecule has 0 saturated heterocycles. The molecular weight excluding hydrogens is 144 g/mol. The molecule has 1 aliphatic rings. The lowest BCUT2D eigenvalue weighted by Gasteiger charge is -1.98. The fraction of sp³-hybridized carbons (Fsp3) is 0.333. The van der Waals surface area contributed by atoms with Crippen LogP contribution in [0, 0.1) is 5.92 Å². The summed E-state index contributed by atoms with van der Waals surface area (Å²) in [6, 6.07) is 10.7. The van der Waals surface area contributed by atoms with Crippen LogP contribution >= 0.6 is 0 Å². The average molecular weight is 158 g/mol. The SMILES string of the molecule is C=C(C)[C@@H]1C[C@H]1c1ccccc1. The molecule has 1 fully saturated rings. The third-order valence-electron chi connectivity index (χ3n) is 2.65. The van der Waals surface area contributed by atoms with Crippen molar-refractivity contribution >= 4 is 0 Å². The van der Waals surface area contributed by atoms with E-state index in [-0.39, 0.29) is 0 Å². The van der Waals surface area contributed by atoms with Crippen LogP contribution in [0.25, 0.3) is 0 Å². The van der Waals surface area contributed by atoms with Crippen LogP contribution in [0.5, 0.6) is 0 Å². The third kappa shape index (κ3) is 1.29. The van der Waals surface area contributed by atoms with Crippen molar-refractivity contribution in [1.29, 1.82) is 0 Å². The molecule has 12 heavy (non-hydrogen) atoms. The van der Waals surface area contributed by atoms with E-state index in [4.69, 9.17) is 0 Å². The van der Waals surface area contributed by atoms with Crippen LogP contribution in [0.2, 0.25) is 0 Å². The summed E-state index contributed by atoms with van der Waals surface area (Å²) >= 11 is 0. The van der Waals surface area contributed by atoms with E-state index in [9.17, 15) is 0 Å². The highest BCUT2D eigenvalue weighted by Crippen LogP contribution is 2.50. The van der Waals surface area contributed by atoms with Gasteiger partial charge in [-0.3, -0.25) is 0 Å². The van der Waals surface area contributed by atoms with Crippen LogP contribution in [-0.4, -0.2) is 0 Å². The lowest BCUT2D eigenvalue weighted by molar-refractivity contribution is 0.945. The summed E-state index contributed by atoms with van der Waals surface area (Å²) in [5.74, 6) is 1.52. The Kier molecular flexibility index (Phi) is 1.76. The summed E-state index contributed by atoms with van der Waals surface area (Å²) < 4.78 is 0. The second-order valence-electron chi connectivity index (χ2n) is 3.71. The normalized spacial score (nSPS) is 26.8. The molecule has 2 atom stereocenters. The van der Waals surface area contributed by atoms with Crippen molar-refractivity contribution in [2.24, 2.45) is 5.92 Å². The van der Waals surface area contributed by atoms with Crippen molar-refractivity contribution < 1.29 is 0 Å². The molecule has 0 spiro atoms. The van der Waals surface area contributed by atoms with Gasteiger partial charge in [-0.05, 0) is 30.7 Å². The van der Waals surface area contributed by atoms with E-state index in [0.29, 0.717) is 0 Å².